The lowest BCUT2D eigenvalue weighted by atomic mass is 9.78. The van der Waals surface area contributed by atoms with Gasteiger partial charge in [-0.25, -0.2) is 0 Å². The molecule has 0 N–H and O–H groups in total. The number of hydrogen-bond donors (Lipinski definition) is 0. The summed E-state index contributed by atoms with van der Waals surface area (Å²) in [5, 5.41) is 11.9. The van der Waals surface area contributed by atoms with Crippen LogP contribution in [0.3, 0.4) is 0 Å². The number of benzene rings is 2. The van der Waals surface area contributed by atoms with Crippen LogP contribution >= 0.6 is 0 Å². The van der Waals surface area contributed by atoms with Crippen LogP contribution in [0.1, 0.15) is 23.1 Å². The fraction of sp³-hybridized carbons (Fsp3) is 0.263. The summed E-state index contributed by atoms with van der Waals surface area (Å²) in [4.78, 5) is 36.1. The summed E-state index contributed by atoms with van der Waals surface area (Å²) in [7, 11) is 2.26. The molecular formula is C19H19NO6. The zero-order valence-electron chi connectivity index (χ0n) is 14.4. The Balaban J connectivity index is 2.68. The van der Waals surface area contributed by atoms with Crippen LogP contribution in [0, 0.1) is 16.0 Å². The topological polar surface area (TPSA) is 95.7 Å². The number of hydrogen-bond acceptors (Lipinski definition) is 6. The molecule has 0 heterocycles. The van der Waals surface area contributed by atoms with E-state index < -0.39 is 34.7 Å². The summed E-state index contributed by atoms with van der Waals surface area (Å²) in [6.45, 7) is 0. The van der Waals surface area contributed by atoms with Crippen LogP contribution < -0.4 is 0 Å². The van der Waals surface area contributed by atoms with Crippen LogP contribution in [0.2, 0.25) is 0 Å². The minimum absolute atomic E-state index is 0.379. The molecule has 0 aliphatic carbocycles. The van der Waals surface area contributed by atoms with Gasteiger partial charge in [-0.1, -0.05) is 60.7 Å². The van der Waals surface area contributed by atoms with Crippen molar-refractivity contribution in [1.29, 1.82) is 0 Å². The van der Waals surface area contributed by atoms with Crippen molar-refractivity contribution in [2.24, 2.45) is 5.92 Å². The molecule has 7 heteroatoms. The Hall–Kier alpha value is -3.22. The molecule has 0 saturated heterocycles. The molecule has 136 valence electrons. The van der Waals surface area contributed by atoms with E-state index >= 15 is 0 Å². The van der Waals surface area contributed by atoms with Gasteiger partial charge in [0.1, 0.15) is 0 Å². The summed E-state index contributed by atoms with van der Waals surface area (Å²) >= 11 is 0. The number of carbonyl (C=O) groups is 2. The monoisotopic (exact) mass is 357 g/mol. The largest absolute Gasteiger partial charge is 0.468 e. The summed E-state index contributed by atoms with van der Waals surface area (Å²) < 4.78 is 9.48. The van der Waals surface area contributed by atoms with Gasteiger partial charge in [0.25, 0.3) is 0 Å². The third-order valence-electron chi connectivity index (χ3n) is 4.16. The molecule has 26 heavy (non-hydrogen) atoms. The maximum atomic E-state index is 12.3. The van der Waals surface area contributed by atoms with E-state index in [1.807, 2.05) is 0 Å². The number of nitrogens with zero attached hydrogens (tertiary/aromatic N) is 1. The van der Waals surface area contributed by atoms with Gasteiger partial charge in [0.15, 0.2) is 5.92 Å². The van der Waals surface area contributed by atoms with Crippen molar-refractivity contribution in [3.8, 4) is 0 Å². The summed E-state index contributed by atoms with van der Waals surface area (Å²) in [5.41, 5.74) is 0.850. The van der Waals surface area contributed by atoms with Gasteiger partial charge < -0.3 is 9.47 Å². The maximum absolute atomic E-state index is 12.3. The Labute approximate surface area is 150 Å². The Morgan fingerprint density at radius 3 is 1.65 bits per heavy atom. The van der Waals surface area contributed by atoms with Gasteiger partial charge in [-0.15, -0.1) is 0 Å². The van der Waals surface area contributed by atoms with Gasteiger partial charge in [0.05, 0.1) is 20.1 Å². The second-order valence-electron chi connectivity index (χ2n) is 5.60. The van der Waals surface area contributed by atoms with Crippen molar-refractivity contribution in [2.45, 2.75) is 12.0 Å². The average molecular weight is 357 g/mol. The first-order valence-electron chi connectivity index (χ1n) is 7.90. The molecule has 0 saturated carbocycles. The van der Waals surface area contributed by atoms with Crippen LogP contribution in [0.15, 0.2) is 60.7 Å². The van der Waals surface area contributed by atoms with Crippen LogP contribution in [0.5, 0.6) is 0 Å². The number of nitro groups is 1. The van der Waals surface area contributed by atoms with Gasteiger partial charge in [-0.3, -0.25) is 19.7 Å². The molecule has 0 bridgehead atoms. The van der Waals surface area contributed by atoms with Crippen LogP contribution in [0.4, 0.5) is 0 Å². The molecule has 2 aromatic carbocycles. The van der Waals surface area contributed by atoms with Gasteiger partial charge in [0.2, 0.25) is 6.04 Å². The first-order valence-corrected chi connectivity index (χ1v) is 7.90. The van der Waals surface area contributed by atoms with E-state index in [0.29, 0.717) is 11.1 Å². The first kappa shape index (κ1) is 19.1. The SMILES string of the molecule is COC(=O)C(C(=O)OC)C(c1ccccc1)C(c1ccccc1)[N+](=O)[O-]. The van der Waals surface area contributed by atoms with E-state index in [0.717, 1.165) is 14.2 Å². The number of methoxy groups -OCH3 is 2. The van der Waals surface area contributed by atoms with E-state index in [1.165, 1.54) is 0 Å². The lowest BCUT2D eigenvalue weighted by Gasteiger charge is -2.26. The van der Waals surface area contributed by atoms with Crippen molar-refractivity contribution >= 4 is 11.9 Å². The minimum atomic E-state index is -1.47. The maximum Gasteiger partial charge on any atom is 0.320 e. The zero-order chi connectivity index (χ0) is 19.1. The van der Waals surface area contributed by atoms with Crippen molar-refractivity contribution in [3.63, 3.8) is 0 Å². The number of carbonyl (C=O) groups excluding carboxylic acids is 2. The first-order chi connectivity index (χ1) is 12.5. The fourth-order valence-corrected chi connectivity index (χ4v) is 2.99. The third-order valence-corrected chi connectivity index (χ3v) is 4.16. The molecule has 2 atom stereocenters. The Morgan fingerprint density at radius 2 is 1.27 bits per heavy atom. The Morgan fingerprint density at radius 1 is 0.846 bits per heavy atom. The van der Waals surface area contributed by atoms with E-state index in [2.05, 4.69) is 0 Å². The Kier molecular flexibility index (Phi) is 6.43. The highest BCUT2D eigenvalue weighted by Crippen LogP contribution is 2.40. The van der Waals surface area contributed by atoms with Crippen molar-refractivity contribution in [3.05, 3.63) is 81.9 Å². The molecule has 2 unspecified atom stereocenters. The second-order valence-corrected chi connectivity index (χ2v) is 5.60. The van der Waals surface area contributed by atoms with E-state index in [4.69, 9.17) is 9.47 Å². The highest BCUT2D eigenvalue weighted by molar-refractivity contribution is 5.96. The smallest absolute Gasteiger partial charge is 0.320 e. The predicted molar refractivity (Wildman–Crippen MR) is 92.9 cm³/mol. The quantitative estimate of drug-likeness (QED) is 0.327. The molecular weight excluding hydrogens is 338 g/mol. The fourth-order valence-electron chi connectivity index (χ4n) is 2.99. The molecule has 0 aliphatic heterocycles. The minimum Gasteiger partial charge on any atom is -0.468 e. The van der Waals surface area contributed by atoms with Gasteiger partial charge in [-0.05, 0) is 5.56 Å². The number of esters is 2. The van der Waals surface area contributed by atoms with Crippen molar-refractivity contribution < 1.29 is 24.0 Å². The lowest BCUT2D eigenvalue weighted by molar-refractivity contribution is -0.534. The summed E-state index contributed by atoms with van der Waals surface area (Å²) in [5.74, 6) is -4.32. The van der Waals surface area contributed by atoms with Crippen LogP contribution in [-0.2, 0) is 19.1 Å². The molecule has 2 aromatic rings. The number of ether oxygens (including phenoxy) is 2. The average Bonchev–Trinajstić information content (AvgIpc) is 2.68. The standard InChI is InChI=1S/C19H19NO6/c1-25-18(21)16(19(22)26-2)15(13-9-5-3-6-10-13)17(20(23)24)14-11-7-4-8-12-14/h3-12,15-17H,1-2H3. The van der Waals surface area contributed by atoms with Crippen molar-refractivity contribution in [2.75, 3.05) is 14.2 Å². The molecule has 0 amide bonds. The van der Waals surface area contributed by atoms with Gasteiger partial charge >= 0.3 is 11.9 Å². The van der Waals surface area contributed by atoms with E-state index in [-0.39, 0.29) is 0 Å². The van der Waals surface area contributed by atoms with Gasteiger partial charge in [0, 0.05) is 10.5 Å². The Bertz CT molecular complexity index is 746. The molecule has 0 spiro atoms. The zero-order valence-corrected chi connectivity index (χ0v) is 14.4. The third kappa shape index (κ3) is 4.05. The highest BCUT2D eigenvalue weighted by Gasteiger charge is 2.48. The van der Waals surface area contributed by atoms with Gasteiger partial charge in [-0.2, -0.15) is 0 Å². The van der Waals surface area contributed by atoms with E-state index in [9.17, 15) is 19.7 Å². The highest BCUT2D eigenvalue weighted by atomic mass is 16.6. The second kappa shape index (κ2) is 8.75. The molecule has 2 rings (SSSR count). The summed E-state index contributed by atoms with van der Waals surface area (Å²) in [6, 6.07) is 15.3. The van der Waals surface area contributed by atoms with E-state index in [1.54, 1.807) is 60.7 Å². The molecule has 0 aromatic heterocycles. The molecule has 0 radical (unpaired) electrons. The van der Waals surface area contributed by atoms with Crippen molar-refractivity contribution in [1.82, 2.24) is 0 Å². The number of rotatable bonds is 7. The van der Waals surface area contributed by atoms with Crippen LogP contribution in [-0.4, -0.2) is 31.1 Å². The molecule has 7 nitrogen and oxygen atoms in total. The molecule has 0 fully saturated rings. The van der Waals surface area contributed by atoms with Crippen LogP contribution in [0.25, 0.3) is 0 Å². The summed E-state index contributed by atoms with van der Waals surface area (Å²) in [6.07, 6.45) is 0. The molecule has 0 aliphatic rings. The predicted octanol–water partition coefficient (Wildman–Crippen LogP) is 2.75. The normalized spacial score (nSPS) is 12.9. The lowest BCUT2D eigenvalue weighted by Crippen LogP contribution is -2.37.